The normalized spacial score (nSPS) is 25.5. The highest BCUT2D eigenvalue weighted by Gasteiger charge is 2.29. The van der Waals surface area contributed by atoms with E-state index in [0.29, 0.717) is 24.3 Å². The summed E-state index contributed by atoms with van der Waals surface area (Å²) >= 11 is 0. The Balaban J connectivity index is 1.32. The van der Waals surface area contributed by atoms with Crippen LogP contribution in [0.4, 0.5) is 0 Å². The number of rotatable bonds is 5. The maximum Gasteiger partial charge on any atom is 0.223 e. The van der Waals surface area contributed by atoms with Crippen molar-refractivity contribution in [3.63, 3.8) is 0 Å². The average molecular weight is 272 g/mol. The lowest BCUT2D eigenvalue weighted by Crippen LogP contribution is -2.41. The molecule has 20 heavy (non-hydrogen) atoms. The van der Waals surface area contributed by atoms with E-state index in [1.807, 2.05) is 4.90 Å². The van der Waals surface area contributed by atoms with E-state index in [4.69, 9.17) is 0 Å². The Morgan fingerprint density at radius 2 is 1.85 bits per heavy atom. The van der Waals surface area contributed by atoms with Gasteiger partial charge in [0, 0.05) is 32.1 Å². The first-order chi connectivity index (χ1) is 9.83. The van der Waals surface area contributed by atoms with Gasteiger partial charge >= 0.3 is 0 Å². The molecular formula is C17H24N2O. The Kier molecular flexibility index (Phi) is 4.36. The van der Waals surface area contributed by atoms with E-state index in [-0.39, 0.29) is 0 Å². The number of benzene rings is 1. The summed E-state index contributed by atoms with van der Waals surface area (Å²) in [5.74, 6) is 1.04. The molecule has 1 N–H and O–H groups in total. The lowest BCUT2D eigenvalue weighted by atomic mass is 9.76. The molecule has 3 heteroatoms. The van der Waals surface area contributed by atoms with Crippen molar-refractivity contribution in [1.82, 2.24) is 10.2 Å². The molecule has 2 fully saturated rings. The molecule has 1 saturated carbocycles. The largest absolute Gasteiger partial charge is 0.343 e. The minimum absolute atomic E-state index is 0.328. The van der Waals surface area contributed by atoms with Gasteiger partial charge in [0.05, 0.1) is 0 Å². The second-order valence-corrected chi connectivity index (χ2v) is 6.07. The van der Waals surface area contributed by atoms with E-state index in [1.54, 1.807) is 0 Å². The fraction of sp³-hybridized carbons (Fsp3) is 0.588. The van der Waals surface area contributed by atoms with Gasteiger partial charge in [0.1, 0.15) is 0 Å². The maximum absolute atomic E-state index is 11.9. The van der Waals surface area contributed by atoms with Crippen molar-refractivity contribution >= 4 is 5.91 Å². The summed E-state index contributed by atoms with van der Waals surface area (Å²) in [4.78, 5) is 13.9. The van der Waals surface area contributed by atoms with Crippen molar-refractivity contribution in [1.29, 1.82) is 0 Å². The van der Waals surface area contributed by atoms with Gasteiger partial charge in [0.15, 0.2) is 0 Å². The van der Waals surface area contributed by atoms with Crippen LogP contribution < -0.4 is 5.32 Å². The monoisotopic (exact) mass is 272 g/mol. The van der Waals surface area contributed by atoms with Crippen molar-refractivity contribution in [2.24, 2.45) is 0 Å². The molecule has 0 aromatic heterocycles. The van der Waals surface area contributed by atoms with Crippen LogP contribution >= 0.6 is 0 Å². The molecule has 108 valence electrons. The Labute approximate surface area is 121 Å². The molecule has 1 heterocycles. The number of amides is 1. The highest BCUT2D eigenvalue weighted by Crippen LogP contribution is 2.36. The van der Waals surface area contributed by atoms with Crippen molar-refractivity contribution in [3.05, 3.63) is 35.9 Å². The van der Waals surface area contributed by atoms with Gasteiger partial charge in [-0.25, -0.2) is 0 Å². The summed E-state index contributed by atoms with van der Waals surface area (Å²) in [6, 6.07) is 11.3. The zero-order valence-electron chi connectivity index (χ0n) is 12.1. The first kappa shape index (κ1) is 13.6. The molecule has 0 bridgehead atoms. The van der Waals surface area contributed by atoms with Gasteiger partial charge in [-0.2, -0.15) is 0 Å². The Morgan fingerprint density at radius 1 is 1.15 bits per heavy atom. The molecule has 0 spiro atoms. The van der Waals surface area contributed by atoms with Crippen LogP contribution in [0.1, 0.15) is 43.6 Å². The van der Waals surface area contributed by atoms with Gasteiger partial charge in [-0.1, -0.05) is 30.3 Å². The lowest BCUT2D eigenvalue weighted by molar-refractivity contribution is -0.130. The van der Waals surface area contributed by atoms with E-state index in [0.717, 1.165) is 19.6 Å². The van der Waals surface area contributed by atoms with Gasteiger partial charge in [0.25, 0.3) is 0 Å². The lowest BCUT2D eigenvalue weighted by Gasteiger charge is -2.36. The van der Waals surface area contributed by atoms with Crippen molar-refractivity contribution in [3.8, 4) is 0 Å². The highest BCUT2D eigenvalue weighted by molar-refractivity contribution is 5.76. The molecule has 1 aromatic rings. The predicted molar refractivity (Wildman–Crippen MR) is 80.6 cm³/mol. The Hall–Kier alpha value is -1.35. The summed E-state index contributed by atoms with van der Waals surface area (Å²) in [5, 5.41) is 3.53. The standard InChI is InChI=1S/C17H24N2O/c20-17(19-10-4-5-11-19)8-9-18-16-12-15(13-16)14-6-2-1-3-7-14/h1-3,6-7,15-16,18H,4-5,8-13H2. The van der Waals surface area contributed by atoms with E-state index in [9.17, 15) is 4.79 Å². The molecule has 1 aliphatic heterocycles. The highest BCUT2D eigenvalue weighted by atomic mass is 16.2. The second kappa shape index (κ2) is 6.40. The molecule has 1 amide bonds. The molecule has 2 aliphatic rings. The van der Waals surface area contributed by atoms with Gasteiger partial charge in [-0.3, -0.25) is 4.79 Å². The topological polar surface area (TPSA) is 32.3 Å². The van der Waals surface area contributed by atoms with Crippen molar-refractivity contribution in [2.75, 3.05) is 19.6 Å². The van der Waals surface area contributed by atoms with Gasteiger partial charge in [0.2, 0.25) is 5.91 Å². The summed E-state index contributed by atoms with van der Waals surface area (Å²) in [6.07, 6.45) is 5.44. The van der Waals surface area contributed by atoms with Gasteiger partial charge in [-0.15, -0.1) is 0 Å². The van der Waals surface area contributed by atoms with Gasteiger partial charge < -0.3 is 10.2 Å². The third-order valence-electron chi connectivity index (χ3n) is 4.64. The van der Waals surface area contributed by atoms with Crippen molar-refractivity contribution < 1.29 is 4.79 Å². The number of hydrogen-bond acceptors (Lipinski definition) is 2. The minimum atomic E-state index is 0.328. The number of carbonyl (C=O) groups excluding carboxylic acids is 1. The summed E-state index contributed by atoms with van der Waals surface area (Å²) in [7, 11) is 0. The Morgan fingerprint density at radius 3 is 2.55 bits per heavy atom. The summed E-state index contributed by atoms with van der Waals surface area (Å²) in [6.45, 7) is 2.78. The number of likely N-dealkylation sites (tertiary alicyclic amines) is 1. The summed E-state index contributed by atoms with van der Waals surface area (Å²) in [5.41, 5.74) is 1.46. The molecule has 3 rings (SSSR count). The smallest absolute Gasteiger partial charge is 0.223 e. The van der Waals surface area contributed by atoms with E-state index < -0.39 is 0 Å². The minimum Gasteiger partial charge on any atom is -0.343 e. The quantitative estimate of drug-likeness (QED) is 0.893. The van der Waals surface area contributed by atoms with Crippen LogP contribution in [-0.2, 0) is 4.79 Å². The molecule has 1 aliphatic carbocycles. The average Bonchev–Trinajstić information content (AvgIpc) is 2.96. The maximum atomic E-state index is 11.9. The van der Waals surface area contributed by atoms with Crippen LogP contribution in [0.3, 0.4) is 0 Å². The molecule has 0 unspecified atom stereocenters. The van der Waals surface area contributed by atoms with Crippen LogP contribution in [0.5, 0.6) is 0 Å². The molecule has 0 radical (unpaired) electrons. The summed E-state index contributed by atoms with van der Waals surface area (Å²) < 4.78 is 0. The molecule has 1 aromatic carbocycles. The first-order valence-corrected chi connectivity index (χ1v) is 7.89. The Bertz CT molecular complexity index is 434. The second-order valence-electron chi connectivity index (χ2n) is 6.07. The number of carbonyl (C=O) groups is 1. The van der Waals surface area contributed by atoms with E-state index in [2.05, 4.69) is 35.6 Å². The number of nitrogens with one attached hydrogen (secondary N) is 1. The predicted octanol–water partition coefficient (Wildman–Crippen LogP) is 2.53. The van der Waals surface area contributed by atoms with Crippen LogP contribution in [0.25, 0.3) is 0 Å². The molecule has 0 atom stereocenters. The SMILES string of the molecule is O=C(CCNC1CC(c2ccccc2)C1)N1CCCC1. The number of nitrogens with zero attached hydrogens (tertiary/aromatic N) is 1. The van der Waals surface area contributed by atoms with Crippen LogP contribution in [0.15, 0.2) is 30.3 Å². The van der Waals surface area contributed by atoms with E-state index >= 15 is 0 Å². The first-order valence-electron chi connectivity index (χ1n) is 7.89. The fourth-order valence-corrected chi connectivity index (χ4v) is 3.29. The van der Waals surface area contributed by atoms with Crippen LogP contribution in [-0.4, -0.2) is 36.5 Å². The van der Waals surface area contributed by atoms with Crippen LogP contribution in [0, 0.1) is 0 Å². The number of hydrogen-bond donors (Lipinski definition) is 1. The zero-order valence-corrected chi connectivity index (χ0v) is 12.1. The third-order valence-corrected chi connectivity index (χ3v) is 4.64. The van der Waals surface area contributed by atoms with Gasteiger partial charge in [-0.05, 0) is 37.2 Å². The third kappa shape index (κ3) is 3.21. The van der Waals surface area contributed by atoms with Crippen LogP contribution in [0.2, 0.25) is 0 Å². The van der Waals surface area contributed by atoms with Crippen molar-refractivity contribution in [2.45, 2.75) is 44.1 Å². The molecular weight excluding hydrogens is 248 g/mol. The zero-order chi connectivity index (χ0) is 13.8. The molecule has 3 nitrogen and oxygen atoms in total. The van der Waals surface area contributed by atoms with E-state index in [1.165, 1.54) is 31.2 Å². The molecule has 1 saturated heterocycles. The fourth-order valence-electron chi connectivity index (χ4n) is 3.29.